The molecule has 2 rings (SSSR count). The molecular formula is C12H9BrFNO2. The van der Waals surface area contributed by atoms with E-state index in [-0.39, 0.29) is 11.5 Å². The van der Waals surface area contributed by atoms with Gasteiger partial charge in [-0.05, 0) is 40.2 Å². The predicted molar refractivity (Wildman–Crippen MR) is 64.0 cm³/mol. The number of nitrogens with one attached hydrogen (secondary N) is 1. The van der Waals surface area contributed by atoms with Gasteiger partial charge < -0.3 is 9.73 Å². The van der Waals surface area contributed by atoms with Crippen molar-refractivity contribution in [3.63, 3.8) is 0 Å². The Hall–Kier alpha value is -1.62. The second-order valence-corrected chi connectivity index (χ2v) is 4.29. The molecule has 0 saturated carbocycles. The van der Waals surface area contributed by atoms with E-state index in [1.165, 1.54) is 24.5 Å². The van der Waals surface area contributed by atoms with Crippen molar-refractivity contribution < 1.29 is 13.6 Å². The summed E-state index contributed by atoms with van der Waals surface area (Å²) in [5, 5.41) is 2.67. The zero-order valence-electron chi connectivity index (χ0n) is 8.74. The number of rotatable bonds is 3. The van der Waals surface area contributed by atoms with Crippen molar-refractivity contribution in [3.8, 4) is 0 Å². The molecule has 0 aliphatic rings. The molecule has 3 nitrogen and oxygen atoms in total. The monoisotopic (exact) mass is 297 g/mol. The van der Waals surface area contributed by atoms with E-state index in [4.69, 9.17) is 4.42 Å². The molecule has 1 aromatic heterocycles. The summed E-state index contributed by atoms with van der Waals surface area (Å²) in [6.45, 7) is 0.346. The third kappa shape index (κ3) is 2.94. The molecule has 1 heterocycles. The molecule has 0 atom stereocenters. The molecule has 0 aliphatic heterocycles. The van der Waals surface area contributed by atoms with E-state index in [2.05, 4.69) is 21.2 Å². The van der Waals surface area contributed by atoms with Gasteiger partial charge in [-0.25, -0.2) is 4.39 Å². The Morgan fingerprint density at radius 2 is 2.24 bits per heavy atom. The van der Waals surface area contributed by atoms with Crippen LogP contribution in [0.2, 0.25) is 0 Å². The fraction of sp³-hybridized carbons (Fsp3) is 0.0833. The minimum Gasteiger partial charge on any atom is -0.472 e. The zero-order chi connectivity index (χ0) is 12.3. The molecule has 0 bridgehead atoms. The Labute approximate surface area is 106 Å². The van der Waals surface area contributed by atoms with Crippen LogP contribution < -0.4 is 5.32 Å². The van der Waals surface area contributed by atoms with Crippen LogP contribution in [-0.2, 0) is 6.54 Å². The van der Waals surface area contributed by atoms with Crippen LogP contribution in [0.1, 0.15) is 15.9 Å². The largest absolute Gasteiger partial charge is 0.472 e. The number of halogens is 2. The Kier molecular flexibility index (Phi) is 3.58. The smallest absolute Gasteiger partial charge is 0.252 e. The number of benzene rings is 1. The number of amides is 1. The van der Waals surface area contributed by atoms with Crippen molar-refractivity contribution in [2.24, 2.45) is 0 Å². The first-order valence-electron chi connectivity index (χ1n) is 4.91. The first kappa shape index (κ1) is 11.9. The maximum Gasteiger partial charge on any atom is 0.252 e. The van der Waals surface area contributed by atoms with Crippen LogP contribution in [0, 0.1) is 5.82 Å². The van der Waals surface area contributed by atoms with Gasteiger partial charge in [0.2, 0.25) is 0 Å². The summed E-state index contributed by atoms with van der Waals surface area (Å²) in [6, 6.07) is 5.73. The van der Waals surface area contributed by atoms with Crippen molar-refractivity contribution in [3.05, 3.63) is 58.2 Å². The average molecular weight is 298 g/mol. The lowest BCUT2D eigenvalue weighted by molar-refractivity contribution is 0.0949. The molecule has 1 N–H and O–H groups in total. The summed E-state index contributed by atoms with van der Waals surface area (Å²) in [7, 11) is 0. The molecule has 0 radical (unpaired) electrons. The van der Waals surface area contributed by atoms with E-state index in [0.717, 1.165) is 5.56 Å². The summed E-state index contributed by atoms with van der Waals surface area (Å²) < 4.78 is 18.4. The minimum atomic E-state index is -0.443. The van der Waals surface area contributed by atoms with Crippen LogP contribution >= 0.6 is 15.9 Å². The summed E-state index contributed by atoms with van der Waals surface area (Å²) >= 11 is 3.20. The molecule has 17 heavy (non-hydrogen) atoms. The molecule has 0 fully saturated rings. The van der Waals surface area contributed by atoms with Crippen molar-refractivity contribution in [2.75, 3.05) is 0 Å². The van der Waals surface area contributed by atoms with Crippen molar-refractivity contribution in [1.29, 1.82) is 0 Å². The number of hydrogen-bond acceptors (Lipinski definition) is 2. The molecule has 0 saturated heterocycles. The third-order valence-electron chi connectivity index (χ3n) is 2.21. The number of hydrogen-bond donors (Lipinski definition) is 1. The van der Waals surface area contributed by atoms with Gasteiger partial charge in [-0.3, -0.25) is 4.79 Å². The van der Waals surface area contributed by atoms with Gasteiger partial charge in [0, 0.05) is 16.6 Å². The molecule has 5 heteroatoms. The quantitative estimate of drug-likeness (QED) is 0.946. The fourth-order valence-electron chi connectivity index (χ4n) is 1.34. The maximum atomic E-state index is 13.0. The average Bonchev–Trinajstić information content (AvgIpc) is 2.82. The molecule has 2 aromatic rings. The minimum absolute atomic E-state index is 0.272. The Bertz CT molecular complexity index is 525. The van der Waals surface area contributed by atoms with E-state index < -0.39 is 5.82 Å². The summed E-state index contributed by atoms with van der Waals surface area (Å²) in [4.78, 5) is 11.8. The van der Waals surface area contributed by atoms with Crippen LogP contribution in [0.3, 0.4) is 0 Å². The standard InChI is InChI=1S/C12H9BrFNO2/c13-11-2-1-9(14)5-10(11)12(16)15-6-8-3-4-17-7-8/h1-5,7H,6H2,(H,15,16). The first-order valence-corrected chi connectivity index (χ1v) is 5.70. The Morgan fingerprint density at radius 3 is 2.94 bits per heavy atom. The summed E-state index contributed by atoms with van der Waals surface area (Å²) in [5.74, 6) is -0.778. The van der Waals surface area contributed by atoms with E-state index in [0.29, 0.717) is 11.0 Å². The van der Waals surface area contributed by atoms with Crippen LogP contribution in [0.5, 0.6) is 0 Å². The van der Waals surface area contributed by atoms with Gasteiger partial charge in [0.05, 0.1) is 18.1 Å². The van der Waals surface area contributed by atoms with Crippen LogP contribution in [0.25, 0.3) is 0 Å². The predicted octanol–water partition coefficient (Wildman–Crippen LogP) is 3.11. The van der Waals surface area contributed by atoms with Gasteiger partial charge in [-0.15, -0.1) is 0 Å². The van der Waals surface area contributed by atoms with E-state index >= 15 is 0 Å². The number of carbonyl (C=O) groups excluding carboxylic acids is 1. The molecule has 0 unspecified atom stereocenters. The second-order valence-electron chi connectivity index (χ2n) is 3.44. The molecule has 88 valence electrons. The first-order chi connectivity index (χ1) is 8.16. The lowest BCUT2D eigenvalue weighted by atomic mass is 10.2. The zero-order valence-corrected chi connectivity index (χ0v) is 10.3. The number of furan rings is 1. The van der Waals surface area contributed by atoms with Crippen molar-refractivity contribution >= 4 is 21.8 Å². The fourth-order valence-corrected chi connectivity index (χ4v) is 1.77. The maximum absolute atomic E-state index is 13.0. The van der Waals surface area contributed by atoms with Gasteiger partial charge >= 0.3 is 0 Å². The summed E-state index contributed by atoms with van der Waals surface area (Å²) in [6.07, 6.45) is 3.07. The van der Waals surface area contributed by atoms with E-state index in [1.54, 1.807) is 12.3 Å². The molecule has 1 aromatic carbocycles. The lowest BCUT2D eigenvalue weighted by Gasteiger charge is -2.05. The van der Waals surface area contributed by atoms with E-state index in [1.807, 2.05) is 0 Å². The highest BCUT2D eigenvalue weighted by Crippen LogP contribution is 2.17. The second kappa shape index (κ2) is 5.14. The van der Waals surface area contributed by atoms with Gasteiger partial charge in [-0.2, -0.15) is 0 Å². The highest BCUT2D eigenvalue weighted by molar-refractivity contribution is 9.10. The van der Waals surface area contributed by atoms with E-state index in [9.17, 15) is 9.18 Å². The summed E-state index contributed by atoms with van der Waals surface area (Å²) in [5.41, 5.74) is 1.12. The highest BCUT2D eigenvalue weighted by Gasteiger charge is 2.10. The third-order valence-corrected chi connectivity index (χ3v) is 2.90. The van der Waals surface area contributed by atoms with Gasteiger partial charge in [0.25, 0.3) is 5.91 Å². The van der Waals surface area contributed by atoms with Crippen LogP contribution in [-0.4, -0.2) is 5.91 Å². The topological polar surface area (TPSA) is 42.2 Å². The van der Waals surface area contributed by atoms with Crippen molar-refractivity contribution in [1.82, 2.24) is 5.32 Å². The normalized spacial score (nSPS) is 10.2. The molecule has 0 aliphatic carbocycles. The van der Waals surface area contributed by atoms with Crippen molar-refractivity contribution in [2.45, 2.75) is 6.54 Å². The number of carbonyl (C=O) groups is 1. The van der Waals surface area contributed by atoms with Gasteiger partial charge in [0.1, 0.15) is 5.82 Å². The highest BCUT2D eigenvalue weighted by atomic mass is 79.9. The molecular weight excluding hydrogens is 289 g/mol. The molecule has 0 spiro atoms. The molecule has 1 amide bonds. The Morgan fingerprint density at radius 1 is 1.41 bits per heavy atom. The SMILES string of the molecule is O=C(NCc1ccoc1)c1cc(F)ccc1Br. The van der Waals surface area contributed by atoms with Crippen LogP contribution in [0.15, 0.2) is 45.7 Å². The van der Waals surface area contributed by atoms with Crippen LogP contribution in [0.4, 0.5) is 4.39 Å². The Balaban J connectivity index is 2.07. The van der Waals surface area contributed by atoms with Gasteiger partial charge in [0.15, 0.2) is 0 Å². The van der Waals surface area contributed by atoms with Gasteiger partial charge in [-0.1, -0.05) is 0 Å². The lowest BCUT2D eigenvalue weighted by Crippen LogP contribution is -2.23.